The highest BCUT2D eigenvalue weighted by Gasteiger charge is 2.77. The Hall–Kier alpha value is -5.23. The fourth-order valence-electron chi connectivity index (χ4n) is 8.16. The molecule has 2 aromatic heterocycles. The van der Waals surface area contributed by atoms with E-state index in [2.05, 4.69) is 194 Å². The molecule has 5 heteroatoms. The van der Waals surface area contributed by atoms with E-state index in [1.54, 1.807) is 0 Å². The molecule has 1 unspecified atom stereocenters. The van der Waals surface area contributed by atoms with Crippen molar-refractivity contribution in [1.29, 1.82) is 0 Å². The van der Waals surface area contributed by atoms with Gasteiger partial charge in [-0.15, -0.1) is 0 Å². The predicted octanol–water partition coefficient (Wildman–Crippen LogP) is 12.9. The van der Waals surface area contributed by atoms with E-state index in [0.29, 0.717) is 9.18 Å². The summed E-state index contributed by atoms with van der Waals surface area (Å²) in [6, 6.07) is 46.0. The van der Waals surface area contributed by atoms with Crippen molar-refractivity contribution in [2.75, 3.05) is 0 Å². The lowest BCUT2D eigenvalue weighted by Gasteiger charge is -2.42. The topological polar surface area (TPSA) is 27.1 Å². The fourth-order valence-corrected chi connectivity index (χ4v) is 8.16. The van der Waals surface area contributed by atoms with Crippen molar-refractivity contribution >= 4 is 44.6 Å². The summed E-state index contributed by atoms with van der Waals surface area (Å²) in [4.78, 5) is 4.86. The quantitative estimate of drug-likeness (QED) is 0.0991. The molecule has 0 amide bonds. The predicted molar refractivity (Wildman–Crippen MR) is 216 cm³/mol. The number of quaternary nitrogens is 2. The van der Waals surface area contributed by atoms with Crippen LogP contribution >= 0.6 is 0 Å². The standard InChI is InChI=1S/C47H47N4O/c1-45(2,3)32-25-26-48-44(28-32)49-40-20-10-9-19-38(40)39-24-23-37(30-41(39)49)52-36-18-14-17-35(29-36)51-31-50(51,42-21-11-12-22-43(42)51)34-16-13-15-33(27-34)47(7,8)46(4,5)6/h9-31H,1-8H3/q+1/t50-,51?/m0/s1. The van der Waals surface area contributed by atoms with Gasteiger partial charge in [-0.2, -0.15) is 9.18 Å². The average molecular weight is 684 g/mol. The van der Waals surface area contributed by atoms with Crippen LogP contribution in [0.15, 0.2) is 134 Å². The van der Waals surface area contributed by atoms with Crippen LogP contribution in [-0.4, -0.2) is 9.55 Å². The number of hydrogen-bond donors (Lipinski definition) is 0. The highest BCUT2D eigenvalue weighted by molar-refractivity contribution is 6.09. The van der Waals surface area contributed by atoms with Crippen molar-refractivity contribution in [2.45, 2.75) is 66.2 Å². The number of ether oxygens (including phenoxy) is 1. The molecule has 52 heavy (non-hydrogen) atoms. The van der Waals surface area contributed by atoms with Gasteiger partial charge in [0.1, 0.15) is 17.3 Å². The molecule has 0 spiro atoms. The second-order valence-electron chi connectivity index (χ2n) is 17.2. The van der Waals surface area contributed by atoms with E-state index in [1.165, 1.54) is 44.6 Å². The maximum Gasteiger partial charge on any atom is 0.225 e. The van der Waals surface area contributed by atoms with E-state index < -0.39 is 0 Å². The Labute approximate surface area is 307 Å². The molecule has 7 aromatic rings. The van der Waals surface area contributed by atoms with Crippen molar-refractivity contribution in [3.05, 3.63) is 151 Å². The minimum atomic E-state index is 0.00338. The summed E-state index contributed by atoms with van der Waals surface area (Å²) in [5, 5.41) is 2.37. The Morgan fingerprint density at radius 2 is 1.19 bits per heavy atom. The maximum absolute atomic E-state index is 6.74. The van der Waals surface area contributed by atoms with Crippen LogP contribution in [0.5, 0.6) is 11.5 Å². The van der Waals surface area contributed by atoms with Gasteiger partial charge in [0.2, 0.25) is 11.4 Å². The zero-order valence-corrected chi connectivity index (χ0v) is 31.5. The molecule has 2 aliphatic heterocycles. The monoisotopic (exact) mass is 683 g/mol. The summed E-state index contributed by atoms with van der Waals surface area (Å²) in [6.45, 7) is 20.9. The summed E-state index contributed by atoms with van der Waals surface area (Å²) < 4.78 is 10.3. The van der Waals surface area contributed by atoms with Crippen molar-refractivity contribution in [3.8, 4) is 17.3 Å². The second-order valence-corrected chi connectivity index (χ2v) is 17.2. The van der Waals surface area contributed by atoms with Gasteiger partial charge in [-0.25, -0.2) is 4.98 Å². The third-order valence-electron chi connectivity index (χ3n) is 12.2. The largest absolute Gasteiger partial charge is 0.457 e. The van der Waals surface area contributed by atoms with E-state index in [0.717, 1.165) is 28.4 Å². The molecule has 9 rings (SSSR count). The molecule has 0 aliphatic carbocycles. The van der Waals surface area contributed by atoms with E-state index in [1.807, 2.05) is 6.20 Å². The average Bonchev–Trinajstić information content (AvgIpc) is 3.62. The Morgan fingerprint density at radius 3 is 1.90 bits per heavy atom. The summed E-state index contributed by atoms with van der Waals surface area (Å²) in [5.74, 6) is 2.51. The molecule has 0 bridgehead atoms. The third-order valence-corrected chi connectivity index (χ3v) is 12.2. The van der Waals surface area contributed by atoms with Gasteiger partial charge in [-0.1, -0.05) is 104 Å². The van der Waals surface area contributed by atoms with Crippen molar-refractivity contribution < 1.29 is 4.74 Å². The zero-order valence-electron chi connectivity index (χ0n) is 31.5. The molecule has 1 saturated heterocycles. The molecule has 4 heterocycles. The number of hydrogen-bond acceptors (Lipinski definition) is 2. The molecule has 5 aromatic carbocycles. The van der Waals surface area contributed by atoms with Crippen molar-refractivity contribution in [2.24, 2.45) is 5.41 Å². The molecule has 0 saturated carbocycles. The van der Waals surface area contributed by atoms with Gasteiger partial charge in [0, 0.05) is 59.4 Å². The second kappa shape index (κ2) is 10.9. The normalized spacial score (nSPS) is 19.6. The molecule has 1 fully saturated rings. The zero-order chi connectivity index (χ0) is 36.3. The van der Waals surface area contributed by atoms with Gasteiger partial charge < -0.3 is 4.74 Å². The molecule has 5 nitrogen and oxygen atoms in total. The van der Waals surface area contributed by atoms with Crippen molar-refractivity contribution in [3.63, 3.8) is 0 Å². The van der Waals surface area contributed by atoms with Crippen LogP contribution in [0.2, 0.25) is 0 Å². The van der Waals surface area contributed by atoms with E-state index in [4.69, 9.17) is 9.72 Å². The first kappa shape index (κ1) is 32.7. The van der Waals surface area contributed by atoms with Crippen molar-refractivity contribution in [1.82, 2.24) is 18.7 Å². The van der Waals surface area contributed by atoms with Crippen LogP contribution in [0.3, 0.4) is 0 Å². The van der Waals surface area contributed by atoms with Crippen LogP contribution in [0.4, 0.5) is 22.7 Å². The molecular formula is C47H47N4O+. The first-order valence-corrected chi connectivity index (χ1v) is 18.4. The van der Waals surface area contributed by atoms with E-state index in [9.17, 15) is 0 Å². The number of benzene rings is 5. The van der Waals surface area contributed by atoms with Gasteiger partial charge in [0.15, 0.2) is 18.0 Å². The van der Waals surface area contributed by atoms with Crippen LogP contribution in [0.25, 0.3) is 27.6 Å². The lowest BCUT2D eigenvalue weighted by atomic mass is 9.65. The van der Waals surface area contributed by atoms with Gasteiger partial charge in [0.25, 0.3) is 0 Å². The number of rotatable bonds is 6. The Balaban J connectivity index is 1.11. The van der Waals surface area contributed by atoms with Crippen LogP contribution < -0.4 is 13.9 Å². The minimum Gasteiger partial charge on any atom is -0.457 e. The number of aromatic nitrogens is 2. The Bertz CT molecular complexity index is 2550. The minimum absolute atomic E-state index is 0.00338. The first-order chi connectivity index (χ1) is 24.8. The van der Waals surface area contributed by atoms with Gasteiger partial charge in [-0.3, -0.25) is 4.57 Å². The lowest BCUT2D eigenvalue weighted by Crippen LogP contribution is -2.46. The summed E-state index contributed by atoms with van der Waals surface area (Å²) in [5.41, 5.74) is 10.0. The number of nitrogens with zero attached hydrogens (tertiary/aromatic N) is 4. The van der Waals surface area contributed by atoms with Crippen LogP contribution in [0.1, 0.15) is 66.5 Å². The van der Waals surface area contributed by atoms with E-state index >= 15 is 0 Å². The number of fused-ring (bicyclic) bond motifs is 7. The Kier molecular flexibility index (Phi) is 6.84. The molecular weight excluding hydrogens is 637 g/mol. The first-order valence-electron chi connectivity index (χ1n) is 18.4. The lowest BCUT2D eigenvalue weighted by molar-refractivity contribution is 0.225. The summed E-state index contributed by atoms with van der Waals surface area (Å²) >= 11 is 0. The Morgan fingerprint density at radius 1 is 0.558 bits per heavy atom. The van der Waals surface area contributed by atoms with Crippen LogP contribution in [0, 0.1) is 12.1 Å². The van der Waals surface area contributed by atoms with Gasteiger partial charge >= 0.3 is 0 Å². The summed E-state index contributed by atoms with van der Waals surface area (Å²) in [6.07, 6.45) is 1.92. The molecule has 0 N–H and O–H groups in total. The maximum atomic E-state index is 6.74. The SMILES string of the molecule is CC(C)(C)c1ccnc(-n2c3ccccc3c3ccc(Oc4cccc([N+]56[CH-][N@+]5(c5cccc(C(C)(C)C(C)(C)C)c5)c5ccccc56)c4)cc32)c1. The van der Waals surface area contributed by atoms with Gasteiger partial charge in [-0.05, 0) is 63.8 Å². The highest BCUT2D eigenvalue weighted by Crippen LogP contribution is 2.75. The summed E-state index contributed by atoms with van der Waals surface area (Å²) in [7, 11) is 0. The highest BCUT2D eigenvalue weighted by atomic mass is 16.5. The van der Waals surface area contributed by atoms with Crippen LogP contribution in [-0.2, 0) is 10.8 Å². The van der Waals surface area contributed by atoms with Gasteiger partial charge in [0.05, 0.1) is 11.0 Å². The molecule has 2 aliphatic rings. The molecule has 2 atom stereocenters. The number of para-hydroxylation sites is 3. The third kappa shape index (κ3) is 4.52. The van der Waals surface area contributed by atoms with E-state index in [-0.39, 0.29) is 16.2 Å². The molecule has 260 valence electrons. The fraction of sp³-hybridized carbons (Fsp3) is 0.234. The molecule has 0 radical (unpaired) electrons. The number of pyridine rings is 1. The smallest absolute Gasteiger partial charge is 0.225 e.